The zero-order valence-corrected chi connectivity index (χ0v) is 64.4. The van der Waals surface area contributed by atoms with Crippen molar-refractivity contribution in [3.05, 3.63) is 339 Å². The third-order valence-electron chi connectivity index (χ3n) is 19.2. The smallest absolute Gasteiger partial charge is 0.150 e. The summed E-state index contributed by atoms with van der Waals surface area (Å²) in [5, 5.41) is 0. The van der Waals surface area contributed by atoms with E-state index >= 15 is 0 Å². The number of ether oxygens (including phenoxy) is 6. The molecule has 6 aromatic heterocycles. The van der Waals surface area contributed by atoms with E-state index in [1.807, 2.05) is 146 Å². The highest BCUT2D eigenvalue weighted by Gasteiger charge is 2.44. The van der Waals surface area contributed by atoms with Crippen molar-refractivity contribution >= 4 is 26.9 Å². The van der Waals surface area contributed by atoms with Gasteiger partial charge in [-0.1, -0.05) is 174 Å². The first kappa shape index (κ1) is 78.5. The van der Waals surface area contributed by atoms with E-state index in [2.05, 4.69) is 140 Å². The number of nitrogens with zero attached hydrogens (tertiary/aromatic N) is 6. The van der Waals surface area contributed by atoms with Gasteiger partial charge in [0.2, 0.25) is 0 Å². The Hall–Kier alpha value is -13.0. The van der Waals surface area contributed by atoms with E-state index in [4.69, 9.17) is 43.4 Å². The Balaban J connectivity index is 0.741. The fourth-order valence-electron chi connectivity index (χ4n) is 13.2. The van der Waals surface area contributed by atoms with Crippen LogP contribution in [-0.2, 0) is 39.4 Å². The number of aldehydes is 3. The third-order valence-corrected chi connectivity index (χ3v) is 25.5. The molecule has 0 atom stereocenters. The summed E-state index contributed by atoms with van der Waals surface area (Å²) >= 11 is 0. The van der Waals surface area contributed by atoms with Crippen LogP contribution in [0.1, 0.15) is 139 Å². The zero-order valence-electron chi connectivity index (χ0n) is 63.4. The summed E-state index contributed by atoms with van der Waals surface area (Å²) in [5.74, 6) is 24.9. The van der Waals surface area contributed by atoms with Gasteiger partial charge >= 0.3 is 0 Å². The molecule has 16 heteroatoms. The van der Waals surface area contributed by atoms with Crippen molar-refractivity contribution in [2.24, 2.45) is 0 Å². The summed E-state index contributed by atoms with van der Waals surface area (Å²) in [7, 11) is -2.43. The van der Waals surface area contributed by atoms with Crippen LogP contribution in [0.5, 0.6) is 17.2 Å². The topological polar surface area (TPSA) is 184 Å². The lowest BCUT2D eigenvalue weighted by Crippen LogP contribution is -2.44. The van der Waals surface area contributed by atoms with E-state index in [9.17, 15) is 14.4 Å². The molecule has 0 saturated carbocycles. The lowest BCUT2D eigenvalue weighted by molar-refractivity contribution is 0.0886. The maximum atomic E-state index is 11.1. The summed E-state index contributed by atoms with van der Waals surface area (Å²) in [6, 6.07) is 69.3. The maximum Gasteiger partial charge on any atom is 0.150 e. The van der Waals surface area contributed by atoms with Crippen LogP contribution in [0.4, 0.5) is 0 Å². The Morgan fingerprint density at radius 2 is 0.589 bits per heavy atom. The van der Waals surface area contributed by atoms with Gasteiger partial charge in [0.05, 0.1) is 73.8 Å². The average molecular weight is 1490 g/mol. The first-order valence-corrected chi connectivity index (χ1v) is 39.4. The van der Waals surface area contributed by atoms with Gasteiger partial charge in [0.15, 0.2) is 0 Å². The van der Waals surface area contributed by atoms with Crippen LogP contribution in [0.3, 0.4) is 0 Å². The SMILES string of the molecule is CC(C)[Si](C#CC(c1cccc(OCCOCc2ccc(-c3ccc(C#Cc4ccc(C=O)cc4)cn3)nc2)c1)(c1cccc(OCCOCc2ccc(-c3ccc(C#Cc4ccc(C=O)cc4)cn3)nc2)c1)c1cccc(OCCOCc2ccc(-c3ccc(C#Cc4ccc(C=O)cc4)cn3)nc2)c1)(C(C)C)C(C)C. The third kappa shape index (κ3) is 20.8. The van der Waals surface area contributed by atoms with E-state index in [0.29, 0.717) is 90.2 Å². The molecule has 556 valence electrons. The Morgan fingerprint density at radius 3 is 0.839 bits per heavy atom. The molecule has 0 fully saturated rings. The van der Waals surface area contributed by atoms with E-state index in [-0.39, 0.29) is 19.8 Å². The van der Waals surface area contributed by atoms with Crippen molar-refractivity contribution in [3.63, 3.8) is 0 Å². The van der Waals surface area contributed by atoms with Crippen LogP contribution in [0.15, 0.2) is 256 Å². The van der Waals surface area contributed by atoms with Crippen molar-refractivity contribution in [2.75, 3.05) is 39.6 Å². The highest BCUT2D eigenvalue weighted by Crippen LogP contribution is 2.46. The normalized spacial score (nSPS) is 11.1. The quantitative estimate of drug-likeness (QED) is 0.0136. The summed E-state index contributed by atoms with van der Waals surface area (Å²) in [6.07, 6.45) is 13.0. The van der Waals surface area contributed by atoms with Crippen LogP contribution in [0.25, 0.3) is 34.2 Å². The van der Waals surface area contributed by atoms with Crippen LogP contribution in [0.2, 0.25) is 16.6 Å². The average Bonchev–Trinajstić information content (AvgIpc) is 0.740. The number of hydrogen-bond donors (Lipinski definition) is 0. The second kappa shape index (κ2) is 38.9. The molecule has 0 bridgehead atoms. The van der Waals surface area contributed by atoms with E-state index in [1.54, 1.807) is 73.6 Å². The van der Waals surface area contributed by atoms with Gasteiger partial charge in [-0.2, -0.15) is 0 Å². The van der Waals surface area contributed by atoms with Gasteiger partial charge in [-0.05, 0) is 177 Å². The highest BCUT2D eigenvalue weighted by molar-refractivity contribution is 6.90. The fraction of sp³-hybridized carbons (Fsp3) is 0.198. The molecule has 0 spiro atoms. The first-order valence-electron chi connectivity index (χ1n) is 37.2. The van der Waals surface area contributed by atoms with E-state index in [1.165, 1.54) is 0 Å². The lowest BCUT2D eigenvalue weighted by atomic mass is 9.70. The van der Waals surface area contributed by atoms with Gasteiger partial charge in [0.1, 0.15) is 69.4 Å². The molecule has 0 aliphatic rings. The molecule has 12 rings (SSSR count). The standard InChI is InChI=1S/C96H84N6O9Si/c1-69(2)112(70(3)4,71(5)6)53-46-96(84-10-7-13-87(54-84)109-50-47-106-66-81-37-43-93(100-60-81)90-40-34-75(57-97-90)25-16-72-19-28-78(63-103)29-20-72,85-11-8-14-88(55-85)110-51-48-107-67-82-38-44-94(101-61-82)91-41-35-76(58-98-91)26-17-73-21-30-79(64-104)31-22-73)86-12-9-15-89(56-86)111-52-49-108-68-83-39-45-95(102-62-83)92-42-36-77(59-99-92)27-18-74-23-32-80(65-105)33-24-74/h7-15,19-24,28-45,54-65,69-71H,47-52,66-68H2,1-6H3. The molecular weight excluding hydrogens is 1410 g/mol. The molecule has 15 nitrogen and oxygen atoms in total. The lowest BCUT2D eigenvalue weighted by Gasteiger charge is -2.39. The molecule has 112 heavy (non-hydrogen) atoms. The molecule has 0 saturated heterocycles. The summed E-state index contributed by atoms with van der Waals surface area (Å²) < 4.78 is 38.4. The van der Waals surface area contributed by atoms with Gasteiger partial charge in [-0.25, -0.2) is 0 Å². The Bertz CT molecular complexity index is 4900. The minimum atomic E-state index is -2.43. The minimum Gasteiger partial charge on any atom is -0.491 e. The molecule has 6 aromatic carbocycles. The van der Waals surface area contributed by atoms with Crippen LogP contribution < -0.4 is 14.2 Å². The van der Waals surface area contributed by atoms with Gasteiger partial charge in [0, 0.05) is 87.3 Å². The molecular formula is C96H84N6O9Si. The van der Waals surface area contributed by atoms with Crippen LogP contribution in [0, 0.1) is 47.0 Å². The van der Waals surface area contributed by atoms with Gasteiger partial charge in [-0.3, -0.25) is 44.3 Å². The number of pyridine rings is 6. The summed E-state index contributed by atoms with van der Waals surface area (Å²) in [4.78, 5) is 61.2. The number of aromatic nitrogens is 6. The minimum absolute atomic E-state index is 0.277. The fourth-order valence-corrected chi connectivity index (χ4v) is 18.5. The molecule has 12 aromatic rings. The number of carbonyl (C=O) groups excluding carboxylic acids is 3. The molecule has 0 unspecified atom stereocenters. The molecule has 0 aliphatic heterocycles. The van der Waals surface area contributed by atoms with Crippen LogP contribution in [-0.4, -0.2) is 96.5 Å². The number of rotatable bonds is 30. The van der Waals surface area contributed by atoms with Crippen molar-refractivity contribution < 1.29 is 42.8 Å². The molecule has 0 amide bonds. The summed E-state index contributed by atoms with van der Waals surface area (Å²) in [5.41, 5.74) is 20.4. The Labute approximate surface area is 656 Å². The second-order valence-electron chi connectivity index (χ2n) is 27.6. The van der Waals surface area contributed by atoms with E-state index in [0.717, 1.165) is 120 Å². The maximum absolute atomic E-state index is 11.1. The van der Waals surface area contributed by atoms with Crippen molar-refractivity contribution in [1.29, 1.82) is 0 Å². The van der Waals surface area contributed by atoms with Crippen molar-refractivity contribution in [2.45, 2.75) is 83.4 Å². The number of benzene rings is 6. The van der Waals surface area contributed by atoms with Crippen molar-refractivity contribution in [1.82, 2.24) is 29.9 Å². The van der Waals surface area contributed by atoms with Crippen molar-refractivity contribution in [3.8, 4) is 98.4 Å². The monoisotopic (exact) mass is 1490 g/mol. The summed E-state index contributed by atoms with van der Waals surface area (Å²) in [6.45, 7) is 16.8. The zero-order chi connectivity index (χ0) is 77.9. The first-order chi connectivity index (χ1) is 54.7. The number of carbonyl (C=O) groups is 3. The predicted octanol–water partition coefficient (Wildman–Crippen LogP) is 18.0. The van der Waals surface area contributed by atoms with Gasteiger partial charge < -0.3 is 28.4 Å². The largest absolute Gasteiger partial charge is 0.491 e. The highest BCUT2D eigenvalue weighted by atomic mass is 28.3. The molecule has 6 heterocycles. The molecule has 0 radical (unpaired) electrons. The van der Waals surface area contributed by atoms with Gasteiger partial charge in [0.25, 0.3) is 0 Å². The Kier molecular flexibility index (Phi) is 27.3. The van der Waals surface area contributed by atoms with Gasteiger partial charge in [-0.15, -0.1) is 5.54 Å². The van der Waals surface area contributed by atoms with Crippen LogP contribution >= 0.6 is 0 Å². The number of hydrogen-bond acceptors (Lipinski definition) is 15. The predicted molar refractivity (Wildman–Crippen MR) is 439 cm³/mol. The second-order valence-corrected chi connectivity index (χ2v) is 33.2. The molecule has 0 aliphatic carbocycles. The Morgan fingerprint density at radius 1 is 0.321 bits per heavy atom. The van der Waals surface area contributed by atoms with E-state index < -0.39 is 13.5 Å². The molecule has 0 N–H and O–H groups in total.